The number of ether oxygens (including phenoxy) is 1. The van der Waals surface area contributed by atoms with Gasteiger partial charge in [0.15, 0.2) is 5.96 Å². The van der Waals surface area contributed by atoms with Crippen molar-refractivity contribution in [2.75, 3.05) is 45.9 Å². The van der Waals surface area contributed by atoms with Crippen LogP contribution in [0.1, 0.15) is 12.5 Å². The molecule has 0 spiro atoms. The van der Waals surface area contributed by atoms with E-state index in [1.54, 1.807) is 29.4 Å². The van der Waals surface area contributed by atoms with Crippen LogP contribution in [0.3, 0.4) is 0 Å². The molecule has 28 heavy (non-hydrogen) atoms. The fraction of sp³-hybridized carbons (Fsp3) is 0.474. The highest BCUT2D eigenvalue weighted by molar-refractivity contribution is 14.0. The molecule has 0 bridgehead atoms. The number of aromatic nitrogens is 2. The normalized spacial score (nSPS) is 15.1. The van der Waals surface area contributed by atoms with E-state index in [1.165, 1.54) is 6.07 Å². The molecule has 1 aliphatic rings. The lowest BCUT2D eigenvalue weighted by atomic mass is 10.2. The molecule has 1 aromatic heterocycles. The van der Waals surface area contributed by atoms with E-state index in [9.17, 15) is 4.39 Å². The van der Waals surface area contributed by atoms with Crippen molar-refractivity contribution < 1.29 is 9.13 Å². The van der Waals surface area contributed by atoms with Gasteiger partial charge in [0.25, 0.3) is 0 Å². The van der Waals surface area contributed by atoms with Crippen LogP contribution in [-0.4, -0.2) is 66.3 Å². The monoisotopic (exact) mass is 502 g/mol. The van der Waals surface area contributed by atoms with Crippen LogP contribution >= 0.6 is 24.0 Å². The number of nitrogens with zero attached hydrogens (tertiary/aromatic N) is 4. The Morgan fingerprint density at radius 1 is 1.29 bits per heavy atom. The average molecular weight is 502 g/mol. The standard InChI is InChI=1S/C19H27FN6O.HI/c1-2-22-19(23-6-7-25-9-11-27-12-10-25)24-14-16-3-4-18(17(20)13-16)26-8-5-21-15-26;/h3-5,8,13,15H,2,6-7,9-12,14H2,1H3,(H2,22,23,24);1H. The molecule has 1 aliphatic heterocycles. The molecular formula is C19H28FIN6O. The number of morpholine rings is 1. The molecule has 0 amide bonds. The van der Waals surface area contributed by atoms with Crippen molar-refractivity contribution in [2.24, 2.45) is 4.99 Å². The van der Waals surface area contributed by atoms with Gasteiger partial charge in [-0.05, 0) is 24.6 Å². The van der Waals surface area contributed by atoms with Gasteiger partial charge in [0, 0.05) is 45.1 Å². The smallest absolute Gasteiger partial charge is 0.191 e. The largest absolute Gasteiger partial charge is 0.379 e. The number of aliphatic imine (C=N–C) groups is 1. The minimum atomic E-state index is -0.286. The summed E-state index contributed by atoms with van der Waals surface area (Å²) in [5.41, 5.74) is 1.30. The van der Waals surface area contributed by atoms with Crippen LogP contribution in [0.4, 0.5) is 4.39 Å². The Balaban J connectivity index is 0.00000280. The first-order valence-corrected chi connectivity index (χ1v) is 9.35. The van der Waals surface area contributed by atoms with Gasteiger partial charge in [-0.1, -0.05) is 6.07 Å². The number of benzene rings is 1. The molecule has 0 aliphatic carbocycles. The number of hydrogen-bond donors (Lipinski definition) is 2. The van der Waals surface area contributed by atoms with Gasteiger partial charge in [-0.25, -0.2) is 14.4 Å². The Morgan fingerprint density at radius 2 is 2.11 bits per heavy atom. The Labute approximate surface area is 182 Å². The maximum Gasteiger partial charge on any atom is 0.191 e. The third-order valence-electron chi connectivity index (χ3n) is 4.38. The van der Waals surface area contributed by atoms with Crippen LogP contribution in [0.15, 0.2) is 41.9 Å². The lowest BCUT2D eigenvalue weighted by molar-refractivity contribution is 0.0389. The second-order valence-corrected chi connectivity index (χ2v) is 6.33. The van der Waals surface area contributed by atoms with E-state index in [-0.39, 0.29) is 29.8 Å². The Hall–Kier alpha value is -1.72. The van der Waals surface area contributed by atoms with Gasteiger partial charge in [-0.15, -0.1) is 24.0 Å². The zero-order valence-corrected chi connectivity index (χ0v) is 18.4. The number of rotatable bonds is 7. The molecule has 0 unspecified atom stereocenters. The fourth-order valence-corrected chi connectivity index (χ4v) is 2.93. The molecule has 2 aromatic rings. The minimum Gasteiger partial charge on any atom is -0.379 e. The van der Waals surface area contributed by atoms with E-state index in [0.717, 1.165) is 57.5 Å². The van der Waals surface area contributed by atoms with E-state index < -0.39 is 0 Å². The molecule has 3 rings (SSSR count). The molecule has 1 aromatic carbocycles. The molecule has 2 N–H and O–H groups in total. The zero-order chi connectivity index (χ0) is 18.9. The second-order valence-electron chi connectivity index (χ2n) is 6.33. The van der Waals surface area contributed by atoms with Crippen molar-refractivity contribution >= 4 is 29.9 Å². The van der Waals surface area contributed by atoms with Crippen LogP contribution in [-0.2, 0) is 11.3 Å². The van der Waals surface area contributed by atoms with Crippen LogP contribution in [0.2, 0.25) is 0 Å². The average Bonchev–Trinajstić information content (AvgIpc) is 3.21. The van der Waals surface area contributed by atoms with Crippen molar-refractivity contribution in [3.05, 3.63) is 48.3 Å². The summed E-state index contributed by atoms with van der Waals surface area (Å²) in [6.07, 6.45) is 4.93. The minimum absolute atomic E-state index is 0. The maximum atomic E-state index is 14.4. The van der Waals surface area contributed by atoms with E-state index in [0.29, 0.717) is 12.2 Å². The van der Waals surface area contributed by atoms with Gasteiger partial charge in [0.1, 0.15) is 5.82 Å². The first-order chi connectivity index (χ1) is 13.3. The first kappa shape index (κ1) is 22.6. The maximum absolute atomic E-state index is 14.4. The van der Waals surface area contributed by atoms with E-state index in [2.05, 4.69) is 25.5 Å². The van der Waals surface area contributed by atoms with E-state index in [1.807, 2.05) is 13.0 Å². The predicted molar refractivity (Wildman–Crippen MR) is 119 cm³/mol. The van der Waals surface area contributed by atoms with Crippen LogP contribution < -0.4 is 10.6 Å². The summed E-state index contributed by atoms with van der Waals surface area (Å²) in [4.78, 5) is 10.9. The first-order valence-electron chi connectivity index (χ1n) is 9.35. The second kappa shape index (κ2) is 12.0. The lowest BCUT2D eigenvalue weighted by Crippen LogP contribution is -2.44. The zero-order valence-electron chi connectivity index (χ0n) is 16.1. The van der Waals surface area contributed by atoms with Crippen LogP contribution in [0.5, 0.6) is 0 Å². The van der Waals surface area contributed by atoms with Gasteiger partial charge in [-0.2, -0.15) is 0 Å². The highest BCUT2D eigenvalue weighted by Gasteiger charge is 2.10. The van der Waals surface area contributed by atoms with Gasteiger partial charge in [0.2, 0.25) is 0 Å². The molecule has 0 atom stereocenters. The highest BCUT2D eigenvalue weighted by Crippen LogP contribution is 2.15. The Kier molecular flexibility index (Phi) is 9.65. The summed E-state index contributed by atoms with van der Waals surface area (Å²) in [5, 5.41) is 6.57. The Morgan fingerprint density at radius 3 is 2.79 bits per heavy atom. The topological polar surface area (TPSA) is 66.7 Å². The summed E-state index contributed by atoms with van der Waals surface area (Å²) in [5.74, 6) is 0.454. The molecule has 154 valence electrons. The predicted octanol–water partition coefficient (Wildman–Crippen LogP) is 2.02. The molecule has 1 fully saturated rings. The van der Waals surface area contributed by atoms with Crippen molar-refractivity contribution in [3.63, 3.8) is 0 Å². The summed E-state index contributed by atoms with van der Waals surface area (Å²) in [6.45, 7) is 8.51. The molecule has 2 heterocycles. The molecular weight excluding hydrogens is 474 g/mol. The number of hydrogen-bond acceptors (Lipinski definition) is 4. The highest BCUT2D eigenvalue weighted by atomic mass is 127. The van der Waals surface area contributed by atoms with E-state index in [4.69, 9.17) is 4.74 Å². The quantitative estimate of drug-likeness (QED) is 0.345. The molecule has 9 heteroatoms. The number of nitrogens with one attached hydrogen (secondary N) is 2. The summed E-state index contributed by atoms with van der Waals surface area (Å²) >= 11 is 0. The van der Waals surface area contributed by atoms with E-state index >= 15 is 0 Å². The van der Waals surface area contributed by atoms with Crippen molar-refractivity contribution in [1.29, 1.82) is 0 Å². The van der Waals surface area contributed by atoms with Gasteiger partial charge in [0.05, 0.1) is 31.8 Å². The lowest BCUT2D eigenvalue weighted by Gasteiger charge is -2.26. The number of imidazole rings is 1. The molecule has 0 saturated carbocycles. The van der Waals surface area contributed by atoms with Crippen LogP contribution in [0.25, 0.3) is 5.69 Å². The molecule has 1 saturated heterocycles. The van der Waals surface area contributed by atoms with Gasteiger partial charge < -0.3 is 19.9 Å². The van der Waals surface area contributed by atoms with Crippen molar-refractivity contribution in [1.82, 2.24) is 25.1 Å². The van der Waals surface area contributed by atoms with Crippen molar-refractivity contribution in [2.45, 2.75) is 13.5 Å². The molecule has 0 radical (unpaired) electrons. The third-order valence-corrected chi connectivity index (χ3v) is 4.38. The summed E-state index contributed by atoms with van der Waals surface area (Å²) in [7, 11) is 0. The molecule has 7 nitrogen and oxygen atoms in total. The summed E-state index contributed by atoms with van der Waals surface area (Å²) in [6, 6.07) is 5.16. The van der Waals surface area contributed by atoms with Crippen LogP contribution in [0, 0.1) is 5.82 Å². The number of halogens is 2. The fourth-order valence-electron chi connectivity index (χ4n) is 2.93. The van der Waals surface area contributed by atoms with Crippen molar-refractivity contribution in [3.8, 4) is 5.69 Å². The Bertz CT molecular complexity index is 734. The summed E-state index contributed by atoms with van der Waals surface area (Å²) < 4.78 is 21.4. The SMILES string of the molecule is CCNC(=NCc1ccc(-n2ccnc2)c(F)c1)NCCN1CCOCC1.I. The number of guanidine groups is 1. The van der Waals surface area contributed by atoms with Gasteiger partial charge >= 0.3 is 0 Å². The van der Waals surface area contributed by atoms with Gasteiger partial charge in [-0.3, -0.25) is 4.90 Å². The third kappa shape index (κ3) is 6.71.